The molecular weight excluding hydrogens is 258 g/mol. The average molecular weight is 275 g/mol. The number of anilines is 2. The molecule has 0 aliphatic rings. The van der Waals surface area contributed by atoms with E-state index in [0.29, 0.717) is 0 Å². The highest BCUT2D eigenvalue weighted by Crippen LogP contribution is 2.15. The maximum Gasteiger partial charge on any atom is 0.221 e. The Balaban J connectivity index is 1.83. The molecule has 0 saturated heterocycles. The van der Waals surface area contributed by atoms with Crippen molar-refractivity contribution in [3.8, 4) is 0 Å². The molecule has 2 N–H and O–H groups in total. The molecule has 0 saturated carbocycles. The topological polar surface area (TPSA) is 54.0 Å². The third kappa shape index (κ3) is 4.06. The van der Waals surface area contributed by atoms with E-state index in [0.717, 1.165) is 30.0 Å². The highest BCUT2D eigenvalue weighted by atomic mass is 32.1. The molecule has 19 heavy (non-hydrogen) atoms. The fourth-order valence-electron chi connectivity index (χ4n) is 1.76. The van der Waals surface area contributed by atoms with Crippen LogP contribution >= 0.6 is 11.3 Å². The van der Waals surface area contributed by atoms with Gasteiger partial charge < -0.3 is 10.6 Å². The molecule has 1 amide bonds. The van der Waals surface area contributed by atoms with Crippen molar-refractivity contribution in [3.63, 3.8) is 0 Å². The van der Waals surface area contributed by atoms with E-state index in [1.165, 1.54) is 11.8 Å². The minimum Gasteiger partial charge on any atom is -0.385 e. The van der Waals surface area contributed by atoms with E-state index in [2.05, 4.69) is 15.6 Å². The number of carbonyl (C=O) groups is 1. The van der Waals surface area contributed by atoms with E-state index in [1.807, 2.05) is 36.7 Å². The van der Waals surface area contributed by atoms with Gasteiger partial charge in [-0.25, -0.2) is 4.98 Å². The Morgan fingerprint density at radius 3 is 2.53 bits per heavy atom. The second kappa shape index (κ2) is 6.33. The molecule has 2 aromatic rings. The van der Waals surface area contributed by atoms with Crippen LogP contribution in [0.4, 0.5) is 11.4 Å². The van der Waals surface area contributed by atoms with Crippen molar-refractivity contribution >= 4 is 28.6 Å². The summed E-state index contributed by atoms with van der Waals surface area (Å²) < 4.78 is 0. The molecular formula is C14H17N3OS. The third-order valence-corrected chi connectivity index (χ3v) is 3.73. The standard InChI is InChI=1S/C14H17N3OS/c1-10-14(19-9-16-10)7-8-15-12-3-5-13(6-4-12)17-11(2)18/h3-6,9,15H,7-8H2,1-2H3,(H,17,18). The van der Waals surface area contributed by atoms with Crippen molar-refractivity contribution < 1.29 is 4.79 Å². The Labute approximate surface area is 116 Å². The summed E-state index contributed by atoms with van der Waals surface area (Å²) in [6, 6.07) is 7.71. The monoisotopic (exact) mass is 275 g/mol. The lowest BCUT2D eigenvalue weighted by Crippen LogP contribution is -2.07. The fourth-order valence-corrected chi connectivity index (χ4v) is 2.54. The molecule has 1 aromatic heterocycles. The SMILES string of the molecule is CC(=O)Nc1ccc(NCCc2scnc2C)cc1. The van der Waals surface area contributed by atoms with E-state index >= 15 is 0 Å². The Morgan fingerprint density at radius 1 is 1.26 bits per heavy atom. The molecule has 1 aromatic carbocycles. The minimum absolute atomic E-state index is 0.0543. The molecule has 2 rings (SSSR count). The Kier molecular flexibility index (Phi) is 4.52. The van der Waals surface area contributed by atoms with Crippen LogP contribution in [0.15, 0.2) is 29.8 Å². The number of hydrogen-bond acceptors (Lipinski definition) is 4. The maximum atomic E-state index is 10.9. The summed E-state index contributed by atoms with van der Waals surface area (Å²) >= 11 is 1.70. The van der Waals surface area contributed by atoms with Crippen LogP contribution in [0.5, 0.6) is 0 Å². The molecule has 0 bridgehead atoms. The molecule has 1 heterocycles. The first-order chi connectivity index (χ1) is 9.15. The number of rotatable bonds is 5. The summed E-state index contributed by atoms with van der Waals surface area (Å²) in [7, 11) is 0. The Morgan fingerprint density at radius 2 is 1.95 bits per heavy atom. The molecule has 5 heteroatoms. The van der Waals surface area contributed by atoms with Crippen molar-refractivity contribution in [1.29, 1.82) is 0 Å². The number of hydrogen-bond donors (Lipinski definition) is 2. The van der Waals surface area contributed by atoms with Crippen LogP contribution in [-0.4, -0.2) is 17.4 Å². The van der Waals surface area contributed by atoms with E-state index in [-0.39, 0.29) is 5.91 Å². The van der Waals surface area contributed by atoms with Crippen molar-refractivity contribution in [2.45, 2.75) is 20.3 Å². The highest BCUT2D eigenvalue weighted by Gasteiger charge is 2.01. The van der Waals surface area contributed by atoms with Gasteiger partial charge in [-0.3, -0.25) is 4.79 Å². The van der Waals surface area contributed by atoms with Gasteiger partial charge in [0, 0.05) is 36.1 Å². The van der Waals surface area contributed by atoms with Gasteiger partial charge in [-0.05, 0) is 31.2 Å². The van der Waals surface area contributed by atoms with Crippen LogP contribution in [0.25, 0.3) is 0 Å². The number of nitrogens with zero attached hydrogens (tertiary/aromatic N) is 1. The summed E-state index contributed by atoms with van der Waals surface area (Å²) in [5, 5.41) is 6.10. The summed E-state index contributed by atoms with van der Waals surface area (Å²) in [6.07, 6.45) is 0.976. The quantitative estimate of drug-likeness (QED) is 0.881. The van der Waals surface area contributed by atoms with Crippen molar-refractivity contribution in [2.24, 2.45) is 0 Å². The van der Waals surface area contributed by atoms with Crippen LogP contribution in [0.1, 0.15) is 17.5 Å². The average Bonchev–Trinajstić information content (AvgIpc) is 2.77. The first kappa shape index (κ1) is 13.5. The van der Waals surface area contributed by atoms with Gasteiger partial charge in [0.15, 0.2) is 0 Å². The van der Waals surface area contributed by atoms with Crippen LogP contribution < -0.4 is 10.6 Å². The van der Waals surface area contributed by atoms with Gasteiger partial charge in [-0.15, -0.1) is 11.3 Å². The first-order valence-electron chi connectivity index (χ1n) is 6.15. The molecule has 0 radical (unpaired) electrons. The van der Waals surface area contributed by atoms with Gasteiger partial charge in [0.05, 0.1) is 11.2 Å². The predicted molar refractivity (Wildman–Crippen MR) is 79.8 cm³/mol. The summed E-state index contributed by atoms with van der Waals surface area (Å²) in [4.78, 5) is 16.5. The number of carbonyl (C=O) groups excluding carboxylic acids is 1. The lowest BCUT2D eigenvalue weighted by molar-refractivity contribution is -0.114. The number of amides is 1. The largest absolute Gasteiger partial charge is 0.385 e. The van der Waals surface area contributed by atoms with Crippen LogP contribution in [0.3, 0.4) is 0 Å². The van der Waals surface area contributed by atoms with E-state index in [4.69, 9.17) is 0 Å². The first-order valence-corrected chi connectivity index (χ1v) is 7.03. The van der Waals surface area contributed by atoms with Gasteiger partial charge >= 0.3 is 0 Å². The number of aromatic nitrogens is 1. The Hall–Kier alpha value is -1.88. The zero-order valence-electron chi connectivity index (χ0n) is 11.1. The van der Waals surface area contributed by atoms with Crippen LogP contribution in [0.2, 0.25) is 0 Å². The summed E-state index contributed by atoms with van der Waals surface area (Å²) in [6.45, 7) is 4.42. The van der Waals surface area contributed by atoms with E-state index in [9.17, 15) is 4.79 Å². The predicted octanol–water partition coefficient (Wildman–Crippen LogP) is 3.06. The normalized spacial score (nSPS) is 10.2. The smallest absolute Gasteiger partial charge is 0.221 e. The van der Waals surface area contributed by atoms with Gasteiger partial charge in [-0.1, -0.05) is 0 Å². The number of nitrogens with one attached hydrogen (secondary N) is 2. The van der Waals surface area contributed by atoms with E-state index < -0.39 is 0 Å². The molecule has 0 atom stereocenters. The lowest BCUT2D eigenvalue weighted by atomic mass is 10.2. The molecule has 100 valence electrons. The lowest BCUT2D eigenvalue weighted by Gasteiger charge is -2.07. The molecule has 0 fully saturated rings. The molecule has 0 unspecified atom stereocenters. The van der Waals surface area contributed by atoms with Gasteiger partial charge in [0.1, 0.15) is 0 Å². The summed E-state index contributed by atoms with van der Waals surface area (Å²) in [5.74, 6) is -0.0543. The maximum absolute atomic E-state index is 10.9. The summed E-state index contributed by atoms with van der Waals surface area (Å²) in [5.41, 5.74) is 4.87. The van der Waals surface area contributed by atoms with E-state index in [1.54, 1.807) is 11.3 Å². The number of benzene rings is 1. The van der Waals surface area contributed by atoms with Gasteiger partial charge in [-0.2, -0.15) is 0 Å². The number of thiazole rings is 1. The fraction of sp³-hybridized carbons (Fsp3) is 0.286. The second-order valence-electron chi connectivity index (χ2n) is 4.30. The van der Waals surface area contributed by atoms with Gasteiger partial charge in [0.25, 0.3) is 0 Å². The van der Waals surface area contributed by atoms with Crippen molar-refractivity contribution in [3.05, 3.63) is 40.3 Å². The minimum atomic E-state index is -0.0543. The second-order valence-corrected chi connectivity index (χ2v) is 5.24. The molecule has 0 aliphatic heterocycles. The zero-order chi connectivity index (χ0) is 13.7. The zero-order valence-corrected chi connectivity index (χ0v) is 11.9. The third-order valence-electron chi connectivity index (χ3n) is 2.73. The van der Waals surface area contributed by atoms with Gasteiger partial charge in [0.2, 0.25) is 5.91 Å². The molecule has 0 aliphatic carbocycles. The van der Waals surface area contributed by atoms with Crippen molar-refractivity contribution in [2.75, 3.05) is 17.2 Å². The highest BCUT2D eigenvalue weighted by molar-refractivity contribution is 7.09. The molecule has 0 spiro atoms. The van der Waals surface area contributed by atoms with Crippen LogP contribution in [-0.2, 0) is 11.2 Å². The number of aryl methyl sites for hydroxylation is 1. The van der Waals surface area contributed by atoms with Crippen molar-refractivity contribution in [1.82, 2.24) is 4.98 Å². The Bertz CT molecular complexity index is 548. The van der Waals surface area contributed by atoms with Crippen LogP contribution in [0, 0.1) is 6.92 Å². The molecule has 4 nitrogen and oxygen atoms in total.